The van der Waals surface area contributed by atoms with Gasteiger partial charge in [-0.05, 0) is 37.6 Å². The maximum Gasteiger partial charge on any atom is 0.161 e. The minimum atomic E-state index is 0.656. The van der Waals surface area contributed by atoms with Crippen molar-refractivity contribution in [2.24, 2.45) is 0 Å². The van der Waals surface area contributed by atoms with Crippen LogP contribution in [0.5, 0.6) is 11.5 Å². The van der Waals surface area contributed by atoms with Crippen LogP contribution in [0.25, 0.3) is 0 Å². The first-order valence-corrected chi connectivity index (χ1v) is 6.32. The van der Waals surface area contributed by atoms with Gasteiger partial charge in [-0.25, -0.2) is 0 Å². The molecule has 96 valence electrons. The second-order valence-electron chi connectivity index (χ2n) is 3.95. The fraction of sp³-hybridized carbons (Fsp3) is 0.571. The van der Waals surface area contributed by atoms with Gasteiger partial charge in [-0.15, -0.1) is 0 Å². The number of benzene rings is 1. The topological polar surface area (TPSA) is 30.5 Å². The van der Waals surface area contributed by atoms with E-state index in [-0.39, 0.29) is 0 Å². The average Bonchev–Trinajstić information content (AvgIpc) is 2.35. The molecular formula is C14H23NO2. The van der Waals surface area contributed by atoms with Crippen LogP contribution in [0, 0.1) is 0 Å². The summed E-state index contributed by atoms with van der Waals surface area (Å²) in [6.45, 7) is 6.77. The van der Waals surface area contributed by atoms with Gasteiger partial charge in [0.15, 0.2) is 11.5 Å². The third kappa shape index (κ3) is 4.65. The van der Waals surface area contributed by atoms with Crippen molar-refractivity contribution in [2.75, 3.05) is 20.3 Å². The predicted octanol–water partition coefficient (Wildman–Crippen LogP) is 2.98. The molecule has 0 amide bonds. The minimum absolute atomic E-state index is 0.656. The normalized spacial score (nSPS) is 10.3. The van der Waals surface area contributed by atoms with E-state index in [0.29, 0.717) is 6.61 Å². The molecule has 17 heavy (non-hydrogen) atoms. The number of hydrogen-bond donors (Lipinski definition) is 1. The molecule has 0 unspecified atom stereocenters. The Balaban J connectivity index is 2.57. The van der Waals surface area contributed by atoms with Crippen LogP contribution in [-0.2, 0) is 6.54 Å². The van der Waals surface area contributed by atoms with Crippen molar-refractivity contribution in [2.45, 2.75) is 33.2 Å². The number of hydrogen-bond acceptors (Lipinski definition) is 3. The van der Waals surface area contributed by atoms with E-state index < -0.39 is 0 Å². The molecule has 0 spiro atoms. The highest BCUT2D eigenvalue weighted by Gasteiger charge is 2.04. The van der Waals surface area contributed by atoms with Gasteiger partial charge in [-0.2, -0.15) is 0 Å². The summed E-state index contributed by atoms with van der Waals surface area (Å²) < 4.78 is 10.8. The van der Waals surface area contributed by atoms with Gasteiger partial charge in [0.2, 0.25) is 0 Å². The lowest BCUT2D eigenvalue weighted by Gasteiger charge is -2.11. The summed E-state index contributed by atoms with van der Waals surface area (Å²) in [5.74, 6) is 1.62. The second kappa shape index (κ2) is 7.96. The Morgan fingerprint density at radius 2 is 2.00 bits per heavy atom. The van der Waals surface area contributed by atoms with Crippen LogP contribution in [0.3, 0.4) is 0 Å². The molecule has 0 saturated carbocycles. The van der Waals surface area contributed by atoms with Crippen LogP contribution in [0.1, 0.15) is 32.3 Å². The minimum Gasteiger partial charge on any atom is -0.493 e. The van der Waals surface area contributed by atoms with E-state index in [1.807, 2.05) is 19.1 Å². The molecule has 1 rings (SSSR count). The molecule has 0 fully saturated rings. The Morgan fingerprint density at radius 1 is 1.18 bits per heavy atom. The van der Waals surface area contributed by atoms with Crippen molar-refractivity contribution in [3.8, 4) is 11.5 Å². The van der Waals surface area contributed by atoms with Crippen molar-refractivity contribution < 1.29 is 9.47 Å². The van der Waals surface area contributed by atoms with Crippen LogP contribution in [0.2, 0.25) is 0 Å². The monoisotopic (exact) mass is 237 g/mol. The lowest BCUT2D eigenvalue weighted by Crippen LogP contribution is -2.14. The molecule has 0 heterocycles. The van der Waals surface area contributed by atoms with Gasteiger partial charge in [0.05, 0.1) is 13.7 Å². The van der Waals surface area contributed by atoms with Crippen molar-refractivity contribution in [3.05, 3.63) is 23.8 Å². The Hall–Kier alpha value is -1.22. The molecule has 3 heteroatoms. The van der Waals surface area contributed by atoms with Crippen LogP contribution in [0.4, 0.5) is 0 Å². The third-order valence-electron chi connectivity index (χ3n) is 2.56. The largest absolute Gasteiger partial charge is 0.493 e. The van der Waals surface area contributed by atoms with Crippen LogP contribution in [-0.4, -0.2) is 20.3 Å². The van der Waals surface area contributed by atoms with E-state index in [0.717, 1.165) is 24.6 Å². The van der Waals surface area contributed by atoms with Gasteiger partial charge in [0.25, 0.3) is 0 Å². The zero-order valence-corrected chi connectivity index (χ0v) is 11.1. The highest BCUT2D eigenvalue weighted by atomic mass is 16.5. The van der Waals surface area contributed by atoms with Crippen molar-refractivity contribution in [3.63, 3.8) is 0 Å². The molecule has 0 aliphatic heterocycles. The summed E-state index contributed by atoms with van der Waals surface area (Å²) in [5, 5.41) is 3.41. The van der Waals surface area contributed by atoms with E-state index in [1.165, 1.54) is 18.4 Å². The smallest absolute Gasteiger partial charge is 0.161 e. The lowest BCUT2D eigenvalue weighted by atomic mass is 10.2. The standard InChI is InChI=1S/C14H23NO2/c1-4-6-9-15-11-12-7-8-13(16-3)14(10-12)17-5-2/h7-8,10,15H,4-6,9,11H2,1-3H3. The molecule has 0 aliphatic carbocycles. The SMILES string of the molecule is CCCCNCc1ccc(OC)c(OCC)c1. The van der Waals surface area contributed by atoms with Crippen molar-refractivity contribution >= 4 is 0 Å². The van der Waals surface area contributed by atoms with Gasteiger partial charge in [-0.1, -0.05) is 19.4 Å². The van der Waals surface area contributed by atoms with Crippen molar-refractivity contribution in [1.82, 2.24) is 5.32 Å². The van der Waals surface area contributed by atoms with E-state index in [1.54, 1.807) is 7.11 Å². The summed E-state index contributed by atoms with van der Waals surface area (Å²) in [6.07, 6.45) is 2.44. The number of rotatable bonds is 8. The van der Waals surface area contributed by atoms with E-state index in [9.17, 15) is 0 Å². The summed E-state index contributed by atoms with van der Waals surface area (Å²) in [5.41, 5.74) is 1.23. The molecule has 1 aromatic carbocycles. The van der Waals surface area contributed by atoms with E-state index in [2.05, 4.69) is 18.3 Å². The predicted molar refractivity (Wildman–Crippen MR) is 70.8 cm³/mol. The Bertz CT molecular complexity index is 326. The zero-order valence-electron chi connectivity index (χ0n) is 11.1. The molecule has 3 nitrogen and oxygen atoms in total. The molecule has 0 aromatic heterocycles. The fourth-order valence-electron chi connectivity index (χ4n) is 1.63. The summed E-state index contributed by atoms with van der Waals surface area (Å²) in [7, 11) is 1.66. The molecule has 1 N–H and O–H groups in total. The average molecular weight is 237 g/mol. The molecule has 0 radical (unpaired) electrons. The molecule has 0 saturated heterocycles. The number of nitrogens with one attached hydrogen (secondary N) is 1. The summed E-state index contributed by atoms with van der Waals surface area (Å²) in [4.78, 5) is 0. The van der Waals surface area contributed by atoms with E-state index in [4.69, 9.17) is 9.47 Å². The highest BCUT2D eigenvalue weighted by Crippen LogP contribution is 2.27. The quantitative estimate of drug-likeness (QED) is 0.705. The van der Waals surface area contributed by atoms with Gasteiger partial charge < -0.3 is 14.8 Å². The maximum atomic E-state index is 5.54. The van der Waals surface area contributed by atoms with Gasteiger partial charge in [-0.3, -0.25) is 0 Å². The maximum absolute atomic E-state index is 5.54. The first-order chi connectivity index (χ1) is 8.31. The number of ether oxygens (including phenoxy) is 2. The first-order valence-electron chi connectivity index (χ1n) is 6.32. The lowest BCUT2D eigenvalue weighted by molar-refractivity contribution is 0.310. The van der Waals surface area contributed by atoms with Crippen molar-refractivity contribution in [1.29, 1.82) is 0 Å². The van der Waals surface area contributed by atoms with Gasteiger partial charge >= 0.3 is 0 Å². The Morgan fingerprint density at radius 3 is 2.65 bits per heavy atom. The molecule has 1 aromatic rings. The molecular weight excluding hydrogens is 214 g/mol. The Labute approximate surface area is 104 Å². The van der Waals surface area contributed by atoms with Crippen LogP contribution < -0.4 is 14.8 Å². The van der Waals surface area contributed by atoms with Crippen LogP contribution >= 0.6 is 0 Å². The number of unbranched alkanes of at least 4 members (excludes halogenated alkanes) is 1. The van der Waals surface area contributed by atoms with Gasteiger partial charge in [0.1, 0.15) is 0 Å². The molecule has 0 atom stereocenters. The van der Waals surface area contributed by atoms with Crippen LogP contribution in [0.15, 0.2) is 18.2 Å². The van der Waals surface area contributed by atoms with E-state index >= 15 is 0 Å². The number of methoxy groups -OCH3 is 1. The first kappa shape index (κ1) is 13.8. The summed E-state index contributed by atoms with van der Waals surface area (Å²) >= 11 is 0. The molecule has 0 aliphatic rings. The highest BCUT2D eigenvalue weighted by molar-refractivity contribution is 5.42. The second-order valence-corrected chi connectivity index (χ2v) is 3.95. The molecule has 0 bridgehead atoms. The Kier molecular flexibility index (Phi) is 6.48. The summed E-state index contributed by atoms with van der Waals surface area (Å²) in [6, 6.07) is 6.07. The fourth-order valence-corrected chi connectivity index (χ4v) is 1.63. The third-order valence-corrected chi connectivity index (χ3v) is 2.56. The zero-order chi connectivity index (χ0) is 12.5. The van der Waals surface area contributed by atoms with Gasteiger partial charge in [0, 0.05) is 6.54 Å².